The van der Waals surface area contributed by atoms with Crippen molar-refractivity contribution in [2.24, 2.45) is 28.3 Å². The van der Waals surface area contributed by atoms with E-state index in [0.717, 1.165) is 53.1 Å². The summed E-state index contributed by atoms with van der Waals surface area (Å²) in [7, 11) is 0. The summed E-state index contributed by atoms with van der Waals surface area (Å²) in [5.41, 5.74) is 5.05. The quantitative estimate of drug-likeness (QED) is 0.520. The first-order valence-electron chi connectivity index (χ1n) is 10.4. The van der Waals surface area contributed by atoms with E-state index < -0.39 is 0 Å². The molecular weight excluding hydrogens is 446 g/mol. The van der Waals surface area contributed by atoms with Crippen LogP contribution in [0.1, 0.15) is 38.5 Å². The molecule has 1 aromatic carbocycles. The smallest absolute Gasteiger partial charge is 0.246 e. The zero-order chi connectivity index (χ0) is 19.1. The summed E-state index contributed by atoms with van der Waals surface area (Å²) in [4.78, 5) is 14.0. The lowest BCUT2D eigenvalue weighted by atomic mass is 9.49. The summed E-state index contributed by atoms with van der Waals surface area (Å²) < 4.78 is 2.12. The minimum atomic E-state index is -0.166. The Balaban J connectivity index is 0.00000205. The molecule has 0 radical (unpaired) electrons. The Kier molecular flexibility index (Phi) is 5.85. The molecule has 6 heteroatoms. The molecule has 0 atom stereocenters. The predicted molar refractivity (Wildman–Crippen MR) is 112 cm³/mol. The van der Waals surface area contributed by atoms with Crippen molar-refractivity contribution in [1.29, 1.82) is 0 Å². The van der Waals surface area contributed by atoms with Crippen LogP contribution in [0.4, 0.5) is 0 Å². The van der Waals surface area contributed by atoms with Crippen molar-refractivity contribution < 1.29 is 21.8 Å². The number of amides is 1. The molecule has 4 bridgehead atoms. The zero-order valence-corrected chi connectivity index (χ0v) is 18.9. The number of aromatic nitrogens is 1. The average molecular weight is 473 g/mol. The second-order valence-electron chi connectivity index (χ2n) is 8.92. The lowest BCUT2D eigenvalue weighted by Gasteiger charge is -2.55. The van der Waals surface area contributed by atoms with Gasteiger partial charge in [0.05, 0.1) is 11.1 Å². The van der Waals surface area contributed by atoms with Gasteiger partial charge < -0.3 is 21.5 Å². The predicted octanol–water partition coefficient (Wildman–Crippen LogP) is 1.55. The number of benzene rings is 1. The van der Waals surface area contributed by atoms with Gasteiger partial charge in [-0.1, -0.05) is 36.4 Å². The van der Waals surface area contributed by atoms with Crippen molar-refractivity contribution in [3.8, 4) is 11.3 Å². The maximum absolute atomic E-state index is 13.2. The van der Waals surface area contributed by atoms with E-state index in [-0.39, 0.29) is 28.3 Å². The molecule has 1 heterocycles. The van der Waals surface area contributed by atoms with E-state index in [1.807, 2.05) is 24.3 Å². The van der Waals surface area contributed by atoms with Gasteiger partial charge in [-0.2, -0.15) is 0 Å². The molecule has 29 heavy (non-hydrogen) atoms. The molecule has 4 aliphatic rings. The molecule has 4 fully saturated rings. The molecule has 0 saturated heterocycles. The van der Waals surface area contributed by atoms with Crippen LogP contribution in [0.5, 0.6) is 0 Å². The number of nitrogens with one attached hydrogen (secondary N) is 1. The van der Waals surface area contributed by atoms with E-state index in [4.69, 9.17) is 0 Å². The Morgan fingerprint density at radius 2 is 1.79 bits per heavy atom. The third-order valence-electron chi connectivity index (χ3n) is 6.95. The summed E-state index contributed by atoms with van der Waals surface area (Å²) >= 11 is 1.56. The monoisotopic (exact) mass is 472 g/mol. The number of thiazole rings is 1. The number of hydrogen-bond acceptors (Lipinski definition) is 3. The van der Waals surface area contributed by atoms with Crippen LogP contribution in [0, 0.1) is 23.2 Å². The average Bonchev–Trinajstić information content (AvgIpc) is 3.08. The number of allylic oxidation sites excluding steroid dienone is 1. The van der Waals surface area contributed by atoms with Crippen LogP contribution in [-0.2, 0) is 11.3 Å². The summed E-state index contributed by atoms with van der Waals surface area (Å²) in [5, 5.41) is 6.67. The van der Waals surface area contributed by atoms with Gasteiger partial charge >= 0.3 is 0 Å². The molecule has 1 N–H and O–H groups in total. The highest BCUT2D eigenvalue weighted by Crippen LogP contribution is 2.60. The first-order chi connectivity index (χ1) is 13.7. The first-order valence-corrected chi connectivity index (χ1v) is 11.2. The normalized spacial score (nSPS) is 30.1. The van der Waals surface area contributed by atoms with E-state index in [9.17, 15) is 4.79 Å². The van der Waals surface area contributed by atoms with E-state index in [1.165, 1.54) is 19.3 Å². The molecule has 4 saturated carbocycles. The number of carbonyl (C=O) groups excluding carboxylic acids is 1. The Hall–Kier alpha value is -1.66. The third kappa shape index (κ3) is 3.77. The first kappa shape index (κ1) is 20.6. The number of hydrogen-bond donors (Lipinski definition) is 1. The van der Waals surface area contributed by atoms with Gasteiger partial charge in [-0.3, -0.25) is 4.79 Å². The van der Waals surface area contributed by atoms with Crippen LogP contribution in [0.2, 0.25) is 0 Å². The molecule has 0 spiro atoms. The highest BCUT2D eigenvalue weighted by molar-refractivity contribution is 7.07. The fourth-order valence-corrected chi connectivity index (χ4v) is 7.05. The number of halogens is 1. The van der Waals surface area contributed by atoms with Gasteiger partial charge in [0, 0.05) is 11.9 Å². The number of rotatable bonds is 5. The largest absolute Gasteiger partial charge is 1.00 e. The van der Waals surface area contributed by atoms with Gasteiger partial charge in [0.15, 0.2) is 0 Å². The van der Waals surface area contributed by atoms with Crippen molar-refractivity contribution in [1.82, 2.24) is 9.99 Å². The fraction of sp³-hybridized carbons (Fsp3) is 0.478. The summed E-state index contributed by atoms with van der Waals surface area (Å²) in [6, 6.07) is 10.3. The second kappa shape index (κ2) is 8.23. The standard InChI is InChI=1S/C23H27N3OS.BrH/c1-2-8-26-20(19-6-4-3-5-7-19)15-28-22(26)25-24-21(27)23-12-16-9-17(13-23)11-18(10-16)14-23;/h2-7,15-18H,1,8-14H2,(H,24,27);1H/p-1/b25-22-;. The van der Waals surface area contributed by atoms with Gasteiger partial charge in [0.2, 0.25) is 10.7 Å². The summed E-state index contributed by atoms with van der Waals surface area (Å²) in [6.45, 7) is 4.55. The van der Waals surface area contributed by atoms with Crippen molar-refractivity contribution in [2.45, 2.75) is 45.1 Å². The Morgan fingerprint density at radius 1 is 1.17 bits per heavy atom. The van der Waals surface area contributed by atoms with Gasteiger partial charge in [-0.25, -0.2) is 5.43 Å². The van der Waals surface area contributed by atoms with Gasteiger partial charge in [-0.15, -0.1) is 23.0 Å². The number of nitrogens with zero attached hydrogens (tertiary/aromatic N) is 2. The molecule has 1 aromatic heterocycles. The third-order valence-corrected chi connectivity index (χ3v) is 7.82. The van der Waals surface area contributed by atoms with Crippen LogP contribution in [0.25, 0.3) is 11.3 Å². The maximum Gasteiger partial charge on any atom is 0.246 e. The van der Waals surface area contributed by atoms with E-state index >= 15 is 0 Å². The lowest BCUT2D eigenvalue weighted by molar-refractivity contribution is -0.146. The lowest BCUT2D eigenvalue weighted by Crippen LogP contribution is -3.00. The molecule has 1 amide bonds. The Bertz CT molecular complexity index is 927. The van der Waals surface area contributed by atoms with Gasteiger partial charge in [0.25, 0.3) is 0 Å². The molecule has 0 aliphatic heterocycles. The molecule has 154 valence electrons. The molecule has 4 aliphatic carbocycles. The number of carbonyl (C=O) groups is 1. The molecule has 4 nitrogen and oxygen atoms in total. The minimum Gasteiger partial charge on any atom is -1.00 e. The highest BCUT2D eigenvalue weighted by Gasteiger charge is 2.54. The minimum absolute atomic E-state index is 0. The fourth-order valence-electron chi connectivity index (χ4n) is 6.17. The molecule has 0 unspecified atom stereocenters. The second-order valence-corrected chi connectivity index (χ2v) is 9.76. The SMILES string of the molecule is C=CCn1c(-c2ccccc2)cs/c1=N\NC(=O)C12CC3CC(CC(C3)C1)C2.[Br-]. The Morgan fingerprint density at radius 3 is 2.38 bits per heavy atom. The Labute approximate surface area is 186 Å². The van der Waals surface area contributed by atoms with Crippen molar-refractivity contribution in [2.75, 3.05) is 0 Å². The van der Waals surface area contributed by atoms with E-state index in [2.05, 4.69) is 39.2 Å². The zero-order valence-electron chi connectivity index (χ0n) is 16.5. The molecule has 6 rings (SSSR count). The maximum atomic E-state index is 13.2. The topological polar surface area (TPSA) is 46.4 Å². The van der Waals surface area contributed by atoms with E-state index in [1.54, 1.807) is 11.3 Å². The van der Waals surface area contributed by atoms with Crippen LogP contribution in [0.15, 0.2) is 53.5 Å². The van der Waals surface area contributed by atoms with Crippen LogP contribution >= 0.6 is 11.3 Å². The molecular formula is C23H27BrN3OS-. The highest BCUT2D eigenvalue weighted by atomic mass is 79.9. The van der Waals surface area contributed by atoms with Crippen molar-refractivity contribution >= 4 is 17.2 Å². The van der Waals surface area contributed by atoms with Gasteiger partial charge in [-0.05, 0) is 61.8 Å². The van der Waals surface area contributed by atoms with Crippen molar-refractivity contribution in [3.05, 3.63) is 53.2 Å². The van der Waals surface area contributed by atoms with Gasteiger partial charge in [0.1, 0.15) is 0 Å². The van der Waals surface area contributed by atoms with Crippen LogP contribution < -0.4 is 27.2 Å². The van der Waals surface area contributed by atoms with Crippen LogP contribution in [0.3, 0.4) is 0 Å². The van der Waals surface area contributed by atoms with Crippen LogP contribution in [-0.4, -0.2) is 10.5 Å². The summed E-state index contributed by atoms with van der Waals surface area (Å²) in [5.74, 6) is 2.42. The molecule has 2 aromatic rings. The van der Waals surface area contributed by atoms with E-state index in [0.29, 0.717) is 6.54 Å². The summed E-state index contributed by atoms with van der Waals surface area (Å²) in [6.07, 6.45) is 9.09. The van der Waals surface area contributed by atoms with Crippen molar-refractivity contribution in [3.63, 3.8) is 0 Å².